The van der Waals surface area contributed by atoms with E-state index in [2.05, 4.69) is 5.32 Å². The van der Waals surface area contributed by atoms with Crippen LogP contribution in [0.5, 0.6) is 11.5 Å². The molecule has 0 radical (unpaired) electrons. The molecule has 3 N–H and O–H groups in total. The Labute approximate surface area is 138 Å². The summed E-state index contributed by atoms with van der Waals surface area (Å²) >= 11 is 0. The molecule has 0 aromatic heterocycles. The van der Waals surface area contributed by atoms with Crippen molar-refractivity contribution in [2.24, 2.45) is 5.73 Å². The molecule has 22 heavy (non-hydrogen) atoms. The topological polar surface area (TPSA) is 73.6 Å². The van der Waals surface area contributed by atoms with Crippen LogP contribution in [0.1, 0.15) is 31.2 Å². The maximum Gasteiger partial charge on any atom is 0.224 e. The Bertz CT molecular complexity index is 502. The van der Waals surface area contributed by atoms with E-state index >= 15 is 0 Å². The van der Waals surface area contributed by atoms with E-state index in [1.807, 2.05) is 18.2 Å². The molecule has 0 atom stereocenters. The standard InChI is InChI=1S/C16H24N2O3.ClH/c1-20-13-6-5-12(9-14(13)21-2)10-15(19)18-16(11-17)7-3-4-8-16;/h5-6,9H,3-4,7-8,10-11,17H2,1-2H3,(H,18,19);1H. The molecule has 1 saturated carbocycles. The number of nitrogens with one attached hydrogen (secondary N) is 1. The van der Waals surface area contributed by atoms with Crippen LogP contribution >= 0.6 is 12.4 Å². The second-order valence-electron chi connectivity index (χ2n) is 5.61. The van der Waals surface area contributed by atoms with Crippen LogP contribution in [0, 0.1) is 0 Å². The first-order chi connectivity index (χ1) is 10.1. The normalized spacial score (nSPS) is 15.8. The van der Waals surface area contributed by atoms with Crippen molar-refractivity contribution in [1.82, 2.24) is 5.32 Å². The molecule has 0 aliphatic heterocycles. The van der Waals surface area contributed by atoms with Crippen molar-refractivity contribution in [2.75, 3.05) is 20.8 Å². The van der Waals surface area contributed by atoms with Crippen molar-refractivity contribution < 1.29 is 14.3 Å². The fourth-order valence-corrected chi connectivity index (χ4v) is 2.95. The van der Waals surface area contributed by atoms with Crippen molar-refractivity contribution in [3.05, 3.63) is 23.8 Å². The van der Waals surface area contributed by atoms with Gasteiger partial charge in [-0.15, -0.1) is 12.4 Å². The second kappa shape index (κ2) is 8.25. The zero-order chi connectivity index (χ0) is 15.3. The molecule has 5 nitrogen and oxygen atoms in total. The number of rotatable bonds is 6. The van der Waals surface area contributed by atoms with Crippen LogP contribution in [0.3, 0.4) is 0 Å². The number of methoxy groups -OCH3 is 2. The molecule has 1 aliphatic carbocycles. The van der Waals surface area contributed by atoms with Gasteiger partial charge in [0.25, 0.3) is 0 Å². The molecule has 1 aliphatic rings. The highest BCUT2D eigenvalue weighted by atomic mass is 35.5. The summed E-state index contributed by atoms with van der Waals surface area (Å²) in [6.07, 6.45) is 4.53. The highest BCUT2D eigenvalue weighted by molar-refractivity contribution is 5.85. The van der Waals surface area contributed by atoms with Crippen LogP contribution in [-0.4, -0.2) is 32.2 Å². The first-order valence-corrected chi connectivity index (χ1v) is 7.34. The van der Waals surface area contributed by atoms with Gasteiger partial charge in [-0.3, -0.25) is 4.79 Å². The maximum absolute atomic E-state index is 12.2. The predicted molar refractivity (Wildman–Crippen MR) is 88.9 cm³/mol. The van der Waals surface area contributed by atoms with Crippen LogP contribution in [0.25, 0.3) is 0 Å². The summed E-state index contributed by atoms with van der Waals surface area (Å²) in [5.74, 6) is 1.31. The minimum absolute atomic E-state index is 0. The van der Waals surface area contributed by atoms with Gasteiger partial charge in [0.2, 0.25) is 5.91 Å². The summed E-state index contributed by atoms with van der Waals surface area (Å²) in [6.45, 7) is 0.505. The molecule has 1 fully saturated rings. The number of ether oxygens (including phenoxy) is 2. The Kier molecular flexibility index (Phi) is 6.97. The van der Waals surface area contributed by atoms with Gasteiger partial charge in [-0.2, -0.15) is 0 Å². The molecule has 0 unspecified atom stereocenters. The lowest BCUT2D eigenvalue weighted by molar-refractivity contribution is -0.122. The van der Waals surface area contributed by atoms with Crippen molar-refractivity contribution in [3.8, 4) is 11.5 Å². The molecule has 1 aromatic carbocycles. The van der Waals surface area contributed by atoms with E-state index in [1.54, 1.807) is 14.2 Å². The van der Waals surface area contributed by atoms with Gasteiger partial charge in [0, 0.05) is 6.54 Å². The molecule has 0 spiro atoms. The average molecular weight is 329 g/mol. The van der Waals surface area contributed by atoms with Crippen LogP contribution < -0.4 is 20.5 Å². The van der Waals surface area contributed by atoms with E-state index in [9.17, 15) is 4.79 Å². The minimum Gasteiger partial charge on any atom is -0.493 e. The lowest BCUT2D eigenvalue weighted by Gasteiger charge is -2.28. The highest BCUT2D eigenvalue weighted by Crippen LogP contribution is 2.30. The fraction of sp³-hybridized carbons (Fsp3) is 0.562. The number of carbonyl (C=O) groups is 1. The number of benzene rings is 1. The van der Waals surface area contributed by atoms with Gasteiger partial charge in [-0.05, 0) is 30.5 Å². The minimum atomic E-state index is -0.201. The highest BCUT2D eigenvalue weighted by Gasteiger charge is 2.33. The molecule has 124 valence electrons. The fourth-order valence-electron chi connectivity index (χ4n) is 2.95. The number of carbonyl (C=O) groups excluding carboxylic acids is 1. The van der Waals surface area contributed by atoms with Crippen molar-refractivity contribution in [3.63, 3.8) is 0 Å². The average Bonchev–Trinajstić information content (AvgIpc) is 2.96. The molecular formula is C16H25ClN2O3. The summed E-state index contributed by atoms with van der Waals surface area (Å²) < 4.78 is 10.5. The Balaban J connectivity index is 0.00000242. The van der Waals surface area contributed by atoms with Gasteiger partial charge in [0.15, 0.2) is 11.5 Å². The van der Waals surface area contributed by atoms with E-state index in [1.165, 1.54) is 0 Å². The summed E-state index contributed by atoms with van der Waals surface area (Å²) in [6, 6.07) is 5.53. The van der Waals surface area contributed by atoms with Gasteiger partial charge < -0.3 is 20.5 Å². The molecule has 6 heteroatoms. The Morgan fingerprint density at radius 2 is 1.86 bits per heavy atom. The smallest absolute Gasteiger partial charge is 0.224 e. The lowest BCUT2D eigenvalue weighted by Crippen LogP contribution is -2.52. The van der Waals surface area contributed by atoms with Gasteiger partial charge in [-0.25, -0.2) is 0 Å². The first kappa shape index (κ1) is 18.6. The summed E-state index contributed by atoms with van der Waals surface area (Å²) in [7, 11) is 3.18. The lowest BCUT2D eigenvalue weighted by atomic mass is 9.97. The van der Waals surface area contributed by atoms with Gasteiger partial charge >= 0.3 is 0 Å². The van der Waals surface area contributed by atoms with E-state index in [0.717, 1.165) is 31.2 Å². The molecule has 0 bridgehead atoms. The third kappa shape index (κ3) is 4.27. The van der Waals surface area contributed by atoms with Gasteiger partial charge in [-0.1, -0.05) is 18.9 Å². The van der Waals surface area contributed by atoms with Crippen LogP contribution in [0.15, 0.2) is 18.2 Å². The zero-order valence-electron chi connectivity index (χ0n) is 13.2. The number of hydrogen-bond donors (Lipinski definition) is 2. The Hall–Kier alpha value is -1.46. The number of nitrogens with two attached hydrogens (primary N) is 1. The number of halogens is 1. The molecule has 2 rings (SSSR count). The summed E-state index contributed by atoms with van der Waals surface area (Å²) in [5, 5.41) is 3.12. The van der Waals surface area contributed by atoms with Crippen molar-refractivity contribution in [1.29, 1.82) is 0 Å². The Morgan fingerprint density at radius 1 is 1.23 bits per heavy atom. The third-order valence-corrected chi connectivity index (χ3v) is 4.17. The number of amides is 1. The van der Waals surface area contributed by atoms with E-state index in [-0.39, 0.29) is 23.9 Å². The molecular weight excluding hydrogens is 304 g/mol. The summed E-state index contributed by atoms with van der Waals surface area (Å²) in [4.78, 5) is 12.2. The largest absolute Gasteiger partial charge is 0.493 e. The third-order valence-electron chi connectivity index (χ3n) is 4.17. The summed E-state index contributed by atoms with van der Waals surface area (Å²) in [5.41, 5.74) is 6.54. The van der Waals surface area contributed by atoms with E-state index < -0.39 is 0 Å². The molecule has 1 aromatic rings. The maximum atomic E-state index is 12.2. The molecule has 1 amide bonds. The molecule has 0 saturated heterocycles. The molecule has 0 heterocycles. The van der Waals surface area contributed by atoms with Crippen molar-refractivity contribution in [2.45, 2.75) is 37.6 Å². The van der Waals surface area contributed by atoms with Crippen LogP contribution in [0.2, 0.25) is 0 Å². The predicted octanol–water partition coefficient (Wildman–Crippen LogP) is 2.06. The van der Waals surface area contributed by atoms with Crippen LogP contribution in [0.4, 0.5) is 0 Å². The van der Waals surface area contributed by atoms with E-state index in [4.69, 9.17) is 15.2 Å². The monoisotopic (exact) mass is 328 g/mol. The van der Waals surface area contributed by atoms with Gasteiger partial charge in [0.1, 0.15) is 0 Å². The zero-order valence-corrected chi connectivity index (χ0v) is 14.0. The quantitative estimate of drug-likeness (QED) is 0.838. The van der Waals surface area contributed by atoms with E-state index in [0.29, 0.717) is 24.5 Å². The first-order valence-electron chi connectivity index (χ1n) is 7.34. The SMILES string of the molecule is COc1ccc(CC(=O)NC2(CN)CCCC2)cc1OC.Cl. The van der Waals surface area contributed by atoms with Crippen molar-refractivity contribution >= 4 is 18.3 Å². The second-order valence-corrected chi connectivity index (χ2v) is 5.61. The van der Waals surface area contributed by atoms with Gasteiger partial charge in [0.05, 0.1) is 26.2 Å². The Morgan fingerprint density at radius 3 is 2.41 bits per heavy atom. The number of hydrogen-bond acceptors (Lipinski definition) is 4. The van der Waals surface area contributed by atoms with Crippen LogP contribution in [-0.2, 0) is 11.2 Å².